The van der Waals surface area contributed by atoms with Gasteiger partial charge in [-0.05, 0) is 73.6 Å². The van der Waals surface area contributed by atoms with Crippen LogP contribution < -0.4 is 21.3 Å². The van der Waals surface area contributed by atoms with Crippen molar-refractivity contribution in [2.75, 3.05) is 75.9 Å². The highest BCUT2D eigenvalue weighted by Gasteiger charge is 2.75. The maximum atomic E-state index is 12.0. The van der Waals surface area contributed by atoms with Crippen molar-refractivity contribution in [2.24, 2.45) is 45.3 Å². The smallest absolute Gasteiger partial charge is 0.396 e. The lowest BCUT2D eigenvalue weighted by atomic mass is 10.0. The van der Waals surface area contributed by atoms with Gasteiger partial charge in [0.2, 0.25) is 0 Å². The molecule has 0 aromatic carbocycles. The Labute approximate surface area is 608 Å². The van der Waals surface area contributed by atoms with Crippen LogP contribution in [0, 0.1) is 45.3 Å². The minimum Gasteiger partial charge on any atom is -0.396 e. The van der Waals surface area contributed by atoms with Crippen molar-refractivity contribution in [1.82, 2.24) is 58.1 Å². The topological polar surface area (TPSA) is 693 Å². The van der Waals surface area contributed by atoms with Crippen molar-refractivity contribution < 1.29 is 144 Å². The Morgan fingerprint density at radius 1 is 0.370 bits per heavy atom. The van der Waals surface area contributed by atoms with E-state index in [1.807, 2.05) is 17.7 Å². The molecule has 8 saturated carbocycles. The van der Waals surface area contributed by atoms with Gasteiger partial charge in [-0.25, -0.2) is 67.3 Å². The van der Waals surface area contributed by atoms with E-state index in [0.717, 1.165) is 29.0 Å². The second-order valence-corrected chi connectivity index (χ2v) is 36.2. The molecule has 0 bridgehead atoms. The number of aliphatic hydroxyl groups excluding tert-OH is 9. The second kappa shape index (κ2) is 28.6. The van der Waals surface area contributed by atoms with Gasteiger partial charge in [0.25, 0.3) is 0 Å². The number of anilines is 4. The zero-order chi connectivity index (χ0) is 78.3. The van der Waals surface area contributed by atoms with Crippen LogP contribution in [0.1, 0.15) is 49.9 Å². The van der Waals surface area contributed by atoms with Crippen molar-refractivity contribution in [3.63, 3.8) is 0 Å². The average molecular weight is 1640 g/mol. The van der Waals surface area contributed by atoms with Crippen LogP contribution >= 0.6 is 46.9 Å². The molecule has 592 valence electrons. The van der Waals surface area contributed by atoms with Crippen LogP contribution in [0.2, 0.25) is 0 Å². The Morgan fingerprint density at radius 2 is 0.620 bits per heavy atom. The highest BCUT2D eigenvalue weighted by atomic mass is 31.3. The molecule has 8 aromatic heterocycles. The lowest BCUT2D eigenvalue weighted by molar-refractivity contribution is -0.0300. The van der Waals surface area contributed by atoms with Crippen LogP contribution in [0.15, 0.2) is 74.4 Å². The van der Waals surface area contributed by atoms with Crippen molar-refractivity contribution >= 4 is 114 Å². The fourth-order valence-electron chi connectivity index (χ4n) is 16.6. The van der Waals surface area contributed by atoms with Crippen molar-refractivity contribution in [2.45, 2.75) is 98.7 Å². The zero-order valence-electron chi connectivity index (χ0n) is 56.8. The third kappa shape index (κ3) is 14.5. The van der Waals surface area contributed by atoms with E-state index in [0.29, 0.717) is 57.7 Å². The van der Waals surface area contributed by atoms with E-state index < -0.39 is 155 Å². The largest absolute Gasteiger partial charge is 0.490 e. The lowest BCUT2D eigenvalue weighted by Crippen LogP contribution is -2.35. The third-order valence-corrected chi connectivity index (χ3v) is 28.4. The highest BCUT2D eigenvalue weighted by molar-refractivity contribution is 7.66. The van der Waals surface area contributed by atoms with Gasteiger partial charge in [0.05, 0.1) is 123 Å². The summed E-state index contributed by atoms with van der Waals surface area (Å²) in [6.07, 6.45) is 5.18. The van der Waals surface area contributed by atoms with Gasteiger partial charge in [-0.15, -0.1) is 0 Å². The number of fused-ring (bicyclic) bond motifs is 8. The summed E-state index contributed by atoms with van der Waals surface area (Å²) in [7, 11) is -24.4. The summed E-state index contributed by atoms with van der Waals surface area (Å²) in [5.74, 6) is -0.890. The molecule has 8 heterocycles. The number of hydrogen-bond donors (Lipinski definition) is 22. The first-order valence-corrected chi connectivity index (χ1v) is 41.9. The van der Waals surface area contributed by atoms with Crippen LogP contribution in [0.25, 0.3) is 44.7 Å². The van der Waals surface area contributed by atoms with Crippen molar-refractivity contribution in [3.8, 4) is 0 Å². The molecule has 23 atom stereocenters. The molecule has 0 radical (unpaired) electrons. The van der Waals surface area contributed by atoms with Crippen LogP contribution in [0.3, 0.4) is 0 Å². The number of phosphoric ester groups is 3. The molecule has 46 nitrogen and oxygen atoms in total. The molecule has 16 rings (SSSR count). The highest BCUT2D eigenvalue weighted by Crippen LogP contribution is 2.74. The number of nitrogens with one attached hydrogen (secondary N) is 4. The van der Waals surface area contributed by atoms with Gasteiger partial charge in [-0.3, -0.25) is 13.6 Å². The number of phosphoric acid groups is 6. The fraction of sp³-hybridized carbons (Fsp3) is 0.571. The SMILES string of the molecule is CNc1ccnc2c1ncn2[C@H]1[C@H](O)[C@H](O)[C@]2(CO)C[C@H]12.CNc1ccnc2c1ncn2[C@H]1[C@H](O)[C@H](O)[C@]2(COP(=O)(O)O)C[C@H]12.CNc1ccnc2c1ncn2[C@H]1[C@H](O)[C@H](O)[C@]2(COP(=O)(O)OP(=O)(O)O)C[C@H]12.CNc1ccnc2c1ncn2[C@H]1[C@H](O)[C@H](O)[C@]2(COP(=O)(O)OP(=O)(O)OP(=O)(O)O)C[C@H]12. The summed E-state index contributed by atoms with van der Waals surface area (Å²) in [6, 6.07) is 4.99. The summed E-state index contributed by atoms with van der Waals surface area (Å²) < 4.78 is 99.7. The number of aromatic nitrogens is 12. The maximum absolute atomic E-state index is 12.0. The van der Waals surface area contributed by atoms with E-state index in [1.165, 1.54) is 12.7 Å². The third-order valence-electron chi connectivity index (χ3n) is 22.0. The predicted molar refractivity (Wildman–Crippen MR) is 368 cm³/mol. The zero-order valence-corrected chi connectivity index (χ0v) is 62.2. The molecule has 8 aliphatic carbocycles. The van der Waals surface area contributed by atoms with Crippen molar-refractivity contribution in [3.05, 3.63) is 74.4 Å². The molecule has 52 heteroatoms. The Balaban J connectivity index is 0.000000128. The van der Waals surface area contributed by atoms with E-state index in [9.17, 15) is 88.0 Å². The fourth-order valence-corrected chi connectivity index (χ4v) is 21.8. The molecular weight excluding hydrogens is 1560 g/mol. The lowest BCUT2D eigenvalue weighted by Gasteiger charge is -2.24. The molecule has 0 saturated heterocycles. The quantitative estimate of drug-likeness (QED) is 0.0345. The van der Waals surface area contributed by atoms with Gasteiger partial charge in [0, 0.05) is 74.6 Å². The number of imidazole rings is 4. The first-order valence-electron chi connectivity index (χ1n) is 32.9. The van der Waals surface area contributed by atoms with E-state index in [-0.39, 0.29) is 43.4 Å². The van der Waals surface area contributed by atoms with Gasteiger partial charge >= 0.3 is 46.9 Å². The monoisotopic (exact) mass is 1640 g/mol. The summed E-state index contributed by atoms with van der Waals surface area (Å²) in [4.78, 5) is 115. The predicted octanol–water partition coefficient (Wildman–Crippen LogP) is -0.306. The van der Waals surface area contributed by atoms with Crippen LogP contribution in [0.4, 0.5) is 22.7 Å². The normalized spacial score (nSPS) is 34.3. The van der Waals surface area contributed by atoms with E-state index in [4.69, 9.17) is 38.4 Å². The molecule has 0 aliphatic heterocycles. The average Bonchev–Trinajstić information content (AvgIpc) is 1.54. The molecular formula is C56H78N16O30P6. The molecule has 8 aliphatic rings. The molecule has 3 unspecified atom stereocenters. The van der Waals surface area contributed by atoms with Crippen LogP contribution in [-0.4, -0.2) is 252 Å². The molecule has 0 spiro atoms. The minimum atomic E-state index is -5.66. The number of aliphatic hydroxyl groups is 9. The summed E-state index contributed by atoms with van der Waals surface area (Å²) in [6.45, 7) is -1.60. The van der Waals surface area contributed by atoms with Gasteiger partial charge in [0.15, 0.2) is 22.6 Å². The number of rotatable bonds is 24. The summed E-state index contributed by atoms with van der Waals surface area (Å²) in [5.41, 5.74) is 4.13. The van der Waals surface area contributed by atoms with E-state index in [1.54, 1.807) is 90.5 Å². The Kier molecular flexibility index (Phi) is 21.3. The summed E-state index contributed by atoms with van der Waals surface area (Å²) in [5, 5.41) is 106. The Bertz CT molecular complexity index is 5050. The first kappa shape index (κ1) is 80.2. The van der Waals surface area contributed by atoms with Gasteiger partial charge < -0.3 is 130 Å². The number of hydrogen-bond acceptors (Lipinski definition) is 33. The molecule has 22 N–H and O–H groups in total. The Morgan fingerprint density at radius 3 is 0.880 bits per heavy atom. The van der Waals surface area contributed by atoms with Crippen LogP contribution in [0.5, 0.6) is 0 Å². The first-order chi connectivity index (χ1) is 50.6. The Hall–Kier alpha value is -5.90. The van der Waals surface area contributed by atoms with E-state index in [2.05, 4.69) is 78.6 Å². The summed E-state index contributed by atoms with van der Waals surface area (Å²) >= 11 is 0. The molecule has 108 heavy (non-hydrogen) atoms. The van der Waals surface area contributed by atoms with Gasteiger partial charge in [-0.1, -0.05) is 0 Å². The molecule has 8 aromatic rings. The molecule has 8 fully saturated rings. The van der Waals surface area contributed by atoms with Gasteiger partial charge in [0.1, 0.15) is 46.5 Å². The van der Waals surface area contributed by atoms with E-state index >= 15 is 0 Å². The number of nitrogens with zero attached hydrogens (tertiary/aromatic N) is 12. The number of pyridine rings is 4. The van der Waals surface area contributed by atoms with Gasteiger partial charge in [-0.2, -0.15) is 12.9 Å². The maximum Gasteiger partial charge on any atom is 0.490 e. The van der Waals surface area contributed by atoms with Crippen molar-refractivity contribution in [1.29, 1.82) is 0 Å². The second-order valence-electron chi connectivity index (χ2n) is 27.7. The standard InChI is InChI=1S/C14H21N4O12P3.C14H20N4O9P2.C14H19N4O6P.C14H18N4O3/c1-15-8-2-3-16-13-9(8)17-6-18(13)10-7-4-14(7,12(20)11(10)19)5-28-32(24,25)30-33(26,27)29-31(21,22)23;1-15-8-2-3-16-13-9(8)17-6-18(13)10-7-4-14(7,12(20)11(10)19)5-26-29(24,25)27-28(21,22)23;1-15-8-2-3-16-13-9(8)17-6-18(13)10-7-4-14(7,12(20)11(10)19)5-24-25(21,22)23;1-15-8-2-3-16-13-9(8)17-6-18(13)10-7-4-14(7,5-19)12(21)11(10)20/h2-3,6-7,10-12,19-20H,4-5H2,1H3,(H,15,16)(H,24,25)(H,26,27)(H2,21,22,23);2-3,6-7,10-12,19-20H,4-5H2,1H3,(H,15,16)(H,24,25)(H2,21,22,23);2-3,6-7,10-12,19-20H,4-5H2,1H3,(H,15,16)(H2,21,22,23);2-3,6-7,10-12,19-21H,4-5H2,1H3,(H,15,16)/t4*7-,10-,11+,12+,14+/m1111/s1. The molecule has 0 amide bonds. The minimum absolute atomic E-state index is 0.0601. The van der Waals surface area contributed by atoms with Crippen LogP contribution in [-0.2, 0) is 53.9 Å².